The molecule has 0 unspecified atom stereocenters. The molecular weight excluding hydrogens is 224 g/mol. The van der Waals surface area contributed by atoms with Crippen LogP contribution >= 0.6 is 0 Å². The van der Waals surface area contributed by atoms with Gasteiger partial charge in [0.15, 0.2) is 0 Å². The van der Waals surface area contributed by atoms with E-state index in [0.717, 1.165) is 38.8 Å². The lowest BCUT2D eigenvalue weighted by Gasteiger charge is -2.30. The molecule has 4 nitrogen and oxygen atoms in total. The van der Waals surface area contributed by atoms with Crippen LogP contribution in [0.5, 0.6) is 0 Å². The van der Waals surface area contributed by atoms with Crippen LogP contribution in [0.25, 0.3) is 0 Å². The molecule has 0 aromatic heterocycles. The third-order valence-electron chi connectivity index (χ3n) is 3.95. The van der Waals surface area contributed by atoms with Crippen molar-refractivity contribution >= 4 is 10.0 Å². The summed E-state index contributed by atoms with van der Waals surface area (Å²) >= 11 is 0. The molecule has 5 heteroatoms. The SMILES string of the molecule is CN(C1CCCC1)S(=O)(=O)C1CCNCC1. The van der Waals surface area contributed by atoms with Gasteiger partial charge in [0, 0.05) is 13.1 Å². The van der Waals surface area contributed by atoms with Crippen LogP contribution in [-0.2, 0) is 10.0 Å². The summed E-state index contributed by atoms with van der Waals surface area (Å²) < 4.78 is 26.4. The third-order valence-corrected chi connectivity index (χ3v) is 6.36. The second-order valence-corrected chi connectivity index (χ2v) is 7.22. The van der Waals surface area contributed by atoms with E-state index in [1.165, 1.54) is 12.8 Å². The van der Waals surface area contributed by atoms with E-state index in [2.05, 4.69) is 5.32 Å². The molecule has 16 heavy (non-hydrogen) atoms. The van der Waals surface area contributed by atoms with Gasteiger partial charge in [-0.25, -0.2) is 12.7 Å². The van der Waals surface area contributed by atoms with Crippen molar-refractivity contribution in [1.29, 1.82) is 0 Å². The van der Waals surface area contributed by atoms with Gasteiger partial charge in [0.05, 0.1) is 5.25 Å². The molecule has 0 radical (unpaired) electrons. The summed E-state index contributed by atoms with van der Waals surface area (Å²) in [6.07, 6.45) is 5.97. The van der Waals surface area contributed by atoms with Gasteiger partial charge in [-0.15, -0.1) is 0 Å². The van der Waals surface area contributed by atoms with E-state index in [9.17, 15) is 8.42 Å². The minimum Gasteiger partial charge on any atom is -0.317 e. The molecule has 2 rings (SSSR count). The number of rotatable bonds is 3. The first kappa shape index (κ1) is 12.3. The highest BCUT2D eigenvalue weighted by Crippen LogP contribution is 2.27. The molecule has 1 saturated carbocycles. The van der Waals surface area contributed by atoms with Gasteiger partial charge in [-0.3, -0.25) is 0 Å². The van der Waals surface area contributed by atoms with E-state index in [1.807, 2.05) is 0 Å². The van der Waals surface area contributed by atoms with Crippen molar-refractivity contribution in [1.82, 2.24) is 9.62 Å². The summed E-state index contributed by atoms with van der Waals surface area (Å²) in [4.78, 5) is 0. The van der Waals surface area contributed by atoms with Gasteiger partial charge in [-0.2, -0.15) is 0 Å². The summed E-state index contributed by atoms with van der Waals surface area (Å²) in [7, 11) is -1.28. The lowest BCUT2D eigenvalue weighted by molar-refractivity contribution is 0.359. The molecule has 94 valence electrons. The summed E-state index contributed by atoms with van der Waals surface area (Å²) in [6, 6.07) is 0.264. The minimum atomic E-state index is -3.05. The van der Waals surface area contributed by atoms with E-state index in [4.69, 9.17) is 0 Å². The third kappa shape index (κ3) is 2.41. The van der Waals surface area contributed by atoms with Crippen molar-refractivity contribution in [2.24, 2.45) is 0 Å². The van der Waals surface area contributed by atoms with Crippen LogP contribution in [-0.4, -0.2) is 44.2 Å². The maximum Gasteiger partial charge on any atom is 0.217 e. The molecule has 0 atom stereocenters. The van der Waals surface area contributed by atoms with Crippen molar-refractivity contribution in [2.75, 3.05) is 20.1 Å². The number of hydrogen-bond acceptors (Lipinski definition) is 3. The fraction of sp³-hybridized carbons (Fsp3) is 1.00. The van der Waals surface area contributed by atoms with E-state index in [1.54, 1.807) is 11.4 Å². The van der Waals surface area contributed by atoms with Gasteiger partial charge >= 0.3 is 0 Å². The van der Waals surface area contributed by atoms with Gasteiger partial charge in [-0.05, 0) is 38.8 Å². The molecule has 1 N–H and O–H groups in total. The molecule has 1 saturated heterocycles. The number of hydrogen-bond donors (Lipinski definition) is 1. The van der Waals surface area contributed by atoms with Gasteiger partial charge in [0.1, 0.15) is 0 Å². The van der Waals surface area contributed by atoms with Crippen LogP contribution in [0.1, 0.15) is 38.5 Å². The molecule has 0 amide bonds. The normalized spacial score (nSPS) is 25.4. The Hall–Kier alpha value is -0.130. The molecule has 0 aromatic rings. The van der Waals surface area contributed by atoms with E-state index in [0.29, 0.717) is 0 Å². The van der Waals surface area contributed by atoms with E-state index >= 15 is 0 Å². The van der Waals surface area contributed by atoms with Crippen LogP contribution in [0.4, 0.5) is 0 Å². The van der Waals surface area contributed by atoms with Gasteiger partial charge in [-0.1, -0.05) is 12.8 Å². The zero-order valence-electron chi connectivity index (χ0n) is 9.98. The first-order valence-electron chi connectivity index (χ1n) is 6.30. The topological polar surface area (TPSA) is 49.4 Å². The van der Waals surface area contributed by atoms with Gasteiger partial charge in [0.2, 0.25) is 10.0 Å². The zero-order chi connectivity index (χ0) is 11.6. The predicted octanol–water partition coefficient (Wildman–Crippen LogP) is 0.943. The Morgan fingerprint density at radius 3 is 2.19 bits per heavy atom. The summed E-state index contributed by atoms with van der Waals surface area (Å²) in [5, 5.41) is 3.06. The molecule has 1 aliphatic heterocycles. The molecule has 0 aromatic carbocycles. The molecule has 0 spiro atoms. The Balaban J connectivity index is 2.04. The Morgan fingerprint density at radius 2 is 1.62 bits per heavy atom. The van der Waals surface area contributed by atoms with E-state index in [-0.39, 0.29) is 11.3 Å². The number of piperidine rings is 1. The molecular formula is C11H22N2O2S. The van der Waals surface area contributed by atoms with Crippen molar-refractivity contribution in [3.63, 3.8) is 0 Å². The Kier molecular flexibility index (Phi) is 3.87. The summed E-state index contributed by atoms with van der Waals surface area (Å²) in [5.74, 6) is 0. The molecule has 2 fully saturated rings. The summed E-state index contributed by atoms with van der Waals surface area (Å²) in [6.45, 7) is 1.67. The fourth-order valence-corrected chi connectivity index (χ4v) is 4.73. The minimum absolute atomic E-state index is 0.153. The molecule has 1 heterocycles. The largest absolute Gasteiger partial charge is 0.317 e. The second kappa shape index (κ2) is 5.02. The first-order valence-corrected chi connectivity index (χ1v) is 7.80. The van der Waals surface area contributed by atoms with Crippen LogP contribution < -0.4 is 5.32 Å². The quantitative estimate of drug-likeness (QED) is 0.806. The van der Waals surface area contributed by atoms with Crippen molar-refractivity contribution in [2.45, 2.75) is 49.8 Å². The highest BCUT2D eigenvalue weighted by atomic mass is 32.2. The fourth-order valence-electron chi connectivity index (χ4n) is 2.80. The van der Waals surface area contributed by atoms with Crippen LogP contribution in [0.2, 0.25) is 0 Å². The Bertz CT molecular complexity index is 317. The number of nitrogens with zero attached hydrogens (tertiary/aromatic N) is 1. The standard InChI is InChI=1S/C11H22N2O2S/c1-13(10-4-2-3-5-10)16(14,15)11-6-8-12-9-7-11/h10-12H,2-9H2,1H3. The average molecular weight is 246 g/mol. The Labute approximate surface area is 98.4 Å². The van der Waals surface area contributed by atoms with Crippen molar-refractivity contribution in [3.8, 4) is 0 Å². The van der Waals surface area contributed by atoms with Crippen LogP contribution in [0.3, 0.4) is 0 Å². The lowest BCUT2D eigenvalue weighted by atomic mass is 10.2. The number of nitrogens with one attached hydrogen (secondary N) is 1. The molecule has 2 aliphatic rings. The predicted molar refractivity (Wildman–Crippen MR) is 64.8 cm³/mol. The summed E-state index contributed by atoms with van der Waals surface area (Å²) in [5.41, 5.74) is 0. The smallest absolute Gasteiger partial charge is 0.217 e. The zero-order valence-corrected chi connectivity index (χ0v) is 10.8. The van der Waals surface area contributed by atoms with Gasteiger partial charge in [0.25, 0.3) is 0 Å². The Morgan fingerprint density at radius 1 is 1.06 bits per heavy atom. The number of sulfonamides is 1. The lowest BCUT2D eigenvalue weighted by Crippen LogP contribution is -2.45. The average Bonchev–Trinajstić information content (AvgIpc) is 2.82. The highest BCUT2D eigenvalue weighted by molar-refractivity contribution is 7.89. The molecule has 1 aliphatic carbocycles. The second-order valence-electron chi connectivity index (χ2n) is 4.95. The van der Waals surface area contributed by atoms with Crippen molar-refractivity contribution in [3.05, 3.63) is 0 Å². The highest BCUT2D eigenvalue weighted by Gasteiger charge is 2.35. The van der Waals surface area contributed by atoms with Crippen molar-refractivity contribution < 1.29 is 8.42 Å². The van der Waals surface area contributed by atoms with E-state index < -0.39 is 10.0 Å². The van der Waals surface area contributed by atoms with Gasteiger partial charge < -0.3 is 5.32 Å². The maximum absolute atomic E-state index is 12.4. The maximum atomic E-state index is 12.4. The monoisotopic (exact) mass is 246 g/mol. The van der Waals surface area contributed by atoms with Crippen LogP contribution in [0, 0.1) is 0 Å². The van der Waals surface area contributed by atoms with Crippen LogP contribution in [0.15, 0.2) is 0 Å². The molecule has 0 bridgehead atoms. The first-order chi connectivity index (χ1) is 7.62.